The monoisotopic (exact) mass is 314 g/mol. The van der Waals surface area contributed by atoms with Gasteiger partial charge >= 0.3 is 5.97 Å². The average molecular weight is 314 g/mol. The van der Waals surface area contributed by atoms with Crippen LogP contribution < -0.4 is 5.32 Å². The molecule has 0 aromatic carbocycles. The van der Waals surface area contributed by atoms with Gasteiger partial charge < -0.3 is 10.1 Å². The maximum atomic E-state index is 12.6. The quantitative estimate of drug-likeness (QED) is 0.663. The van der Waals surface area contributed by atoms with E-state index in [-0.39, 0.29) is 5.97 Å². The summed E-state index contributed by atoms with van der Waals surface area (Å²) in [5.74, 6) is 0.140. The van der Waals surface area contributed by atoms with Crippen molar-refractivity contribution in [3.63, 3.8) is 0 Å². The first-order chi connectivity index (χ1) is 11.2. The molecule has 120 valence electrons. The number of allylic oxidation sites excluding steroid dienone is 1. The lowest BCUT2D eigenvalue weighted by molar-refractivity contribution is -0.139. The predicted molar refractivity (Wildman–Crippen MR) is 82.4 cm³/mol. The average Bonchev–Trinajstić information content (AvgIpc) is 3.02. The SMILES string of the molecule is CCCCOC(=O)C1=C(C)Nc2nnnn2C1c1ccncc1. The van der Waals surface area contributed by atoms with E-state index in [1.807, 2.05) is 26.0 Å². The number of fused-ring (bicyclic) bond motifs is 1. The van der Waals surface area contributed by atoms with Gasteiger partial charge in [0.1, 0.15) is 6.04 Å². The van der Waals surface area contributed by atoms with Gasteiger partial charge in [0, 0.05) is 18.1 Å². The first kappa shape index (κ1) is 15.1. The molecule has 8 heteroatoms. The minimum atomic E-state index is -0.432. The van der Waals surface area contributed by atoms with E-state index in [2.05, 4.69) is 25.8 Å². The fourth-order valence-corrected chi connectivity index (χ4v) is 2.52. The standard InChI is InChI=1S/C15H18N6O2/c1-3-4-9-23-14(22)12-10(2)17-15-18-19-20-21(15)13(12)11-5-7-16-8-6-11/h5-8,13H,3-4,9H2,1-2H3,(H,17,18,20). The molecule has 0 saturated heterocycles. The lowest BCUT2D eigenvalue weighted by Gasteiger charge is -2.27. The van der Waals surface area contributed by atoms with Gasteiger partial charge in [-0.2, -0.15) is 4.68 Å². The largest absolute Gasteiger partial charge is 0.462 e. The van der Waals surface area contributed by atoms with Crippen LogP contribution >= 0.6 is 0 Å². The fourth-order valence-electron chi connectivity index (χ4n) is 2.52. The number of aromatic nitrogens is 5. The summed E-state index contributed by atoms with van der Waals surface area (Å²) >= 11 is 0. The molecule has 0 radical (unpaired) electrons. The van der Waals surface area contributed by atoms with E-state index in [1.54, 1.807) is 17.1 Å². The van der Waals surface area contributed by atoms with Gasteiger partial charge in [-0.1, -0.05) is 18.4 Å². The molecule has 3 heterocycles. The molecule has 2 aromatic heterocycles. The third kappa shape index (κ3) is 2.92. The van der Waals surface area contributed by atoms with Crippen molar-refractivity contribution in [3.05, 3.63) is 41.4 Å². The molecule has 1 aliphatic heterocycles. The first-order valence-corrected chi connectivity index (χ1v) is 7.55. The van der Waals surface area contributed by atoms with Gasteiger partial charge in [-0.25, -0.2) is 4.79 Å². The maximum absolute atomic E-state index is 12.6. The van der Waals surface area contributed by atoms with Crippen molar-refractivity contribution >= 4 is 11.9 Å². The molecule has 23 heavy (non-hydrogen) atoms. The topological polar surface area (TPSA) is 94.8 Å². The van der Waals surface area contributed by atoms with E-state index in [0.717, 1.165) is 18.4 Å². The number of nitrogens with zero attached hydrogens (tertiary/aromatic N) is 5. The number of anilines is 1. The van der Waals surface area contributed by atoms with Crippen molar-refractivity contribution in [2.75, 3.05) is 11.9 Å². The number of tetrazole rings is 1. The number of carbonyl (C=O) groups excluding carboxylic acids is 1. The molecule has 1 aliphatic rings. The van der Waals surface area contributed by atoms with Crippen molar-refractivity contribution in [1.82, 2.24) is 25.2 Å². The number of ether oxygens (including phenoxy) is 1. The molecule has 1 atom stereocenters. The summed E-state index contributed by atoms with van der Waals surface area (Å²) in [5, 5.41) is 14.7. The smallest absolute Gasteiger partial charge is 0.338 e. The van der Waals surface area contributed by atoms with Gasteiger partial charge in [0.25, 0.3) is 0 Å². The van der Waals surface area contributed by atoms with Crippen LogP contribution in [0.4, 0.5) is 5.95 Å². The van der Waals surface area contributed by atoms with Crippen LogP contribution in [0.1, 0.15) is 38.3 Å². The van der Waals surface area contributed by atoms with Crippen LogP contribution in [-0.4, -0.2) is 37.8 Å². The minimum Gasteiger partial charge on any atom is -0.462 e. The molecule has 1 N–H and O–H groups in total. The second kappa shape index (κ2) is 6.55. The molecule has 0 fully saturated rings. The summed E-state index contributed by atoms with van der Waals surface area (Å²) in [7, 11) is 0. The molecule has 8 nitrogen and oxygen atoms in total. The van der Waals surface area contributed by atoms with Crippen LogP contribution in [0.5, 0.6) is 0 Å². The van der Waals surface area contributed by atoms with E-state index in [1.165, 1.54) is 0 Å². The van der Waals surface area contributed by atoms with Crippen LogP contribution in [0.2, 0.25) is 0 Å². The highest BCUT2D eigenvalue weighted by Crippen LogP contribution is 2.34. The third-order valence-corrected chi connectivity index (χ3v) is 3.69. The van der Waals surface area contributed by atoms with Crippen LogP contribution in [0.3, 0.4) is 0 Å². The van der Waals surface area contributed by atoms with Crippen molar-refractivity contribution < 1.29 is 9.53 Å². The normalized spacial score (nSPS) is 16.7. The van der Waals surface area contributed by atoms with E-state index in [4.69, 9.17) is 4.74 Å². The van der Waals surface area contributed by atoms with Gasteiger partial charge in [0.05, 0.1) is 12.2 Å². The summed E-state index contributed by atoms with van der Waals surface area (Å²) in [5.41, 5.74) is 2.07. The Hall–Kier alpha value is -2.77. The number of unbranched alkanes of at least 4 members (excludes halogenated alkanes) is 1. The Bertz CT molecular complexity index is 725. The Labute approximate surface area is 133 Å². The third-order valence-electron chi connectivity index (χ3n) is 3.69. The van der Waals surface area contributed by atoms with Gasteiger partial charge in [-0.15, -0.1) is 0 Å². The van der Waals surface area contributed by atoms with Crippen LogP contribution in [-0.2, 0) is 9.53 Å². The molecular formula is C15H18N6O2. The molecule has 0 saturated carbocycles. The van der Waals surface area contributed by atoms with Crippen LogP contribution in [0.15, 0.2) is 35.8 Å². The summed E-state index contributed by atoms with van der Waals surface area (Å²) in [4.78, 5) is 16.6. The van der Waals surface area contributed by atoms with Crippen LogP contribution in [0.25, 0.3) is 0 Å². The van der Waals surface area contributed by atoms with Gasteiger partial charge in [0.2, 0.25) is 5.95 Å². The summed E-state index contributed by atoms with van der Waals surface area (Å²) < 4.78 is 6.98. The maximum Gasteiger partial charge on any atom is 0.338 e. The Morgan fingerprint density at radius 2 is 2.17 bits per heavy atom. The summed E-state index contributed by atoms with van der Waals surface area (Å²) in [6, 6.07) is 3.25. The second-order valence-corrected chi connectivity index (χ2v) is 5.28. The van der Waals surface area contributed by atoms with E-state index in [0.29, 0.717) is 23.8 Å². The van der Waals surface area contributed by atoms with Crippen molar-refractivity contribution in [1.29, 1.82) is 0 Å². The lowest BCUT2D eigenvalue weighted by atomic mass is 9.97. The highest BCUT2D eigenvalue weighted by atomic mass is 16.5. The summed E-state index contributed by atoms with van der Waals surface area (Å²) in [6.07, 6.45) is 5.16. The number of hydrogen-bond donors (Lipinski definition) is 1. The Morgan fingerprint density at radius 1 is 1.39 bits per heavy atom. The molecule has 1 unspecified atom stereocenters. The van der Waals surface area contributed by atoms with E-state index >= 15 is 0 Å². The molecular weight excluding hydrogens is 296 g/mol. The number of carbonyl (C=O) groups is 1. The van der Waals surface area contributed by atoms with E-state index in [9.17, 15) is 4.79 Å². The zero-order valence-corrected chi connectivity index (χ0v) is 13.1. The molecule has 2 aromatic rings. The minimum absolute atomic E-state index is 0.355. The number of nitrogens with one attached hydrogen (secondary N) is 1. The highest BCUT2D eigenvalue weighted by molar-refractivity contribution is 5.92. The Morgan fingerprint density at radius 3 is 2.91 bits per heavy atom. The molecule has 0 bridgehead atoms. The highest BCUT2D eigenvalue weighted by Gasteiger charge is 2.34. The number of pyridine rings is 1. The van der Waals surface area contributed by atoms with Crippen LogP contribution in [0, 0.1) is 0 Å². The van der Waals surface area contributed by atoms with Crippen molar-refractivity contribution in [2.24, 2.45) is 0 Å². The van der Waals surface area contributed by atoms with Crippen molar-refractivity contribution in [2.45, 2.75) is 32.7 Å². The van der Waals surface area contributed by atoms with Gasteiger partial charge in [-0.05, 0) is 41.5 Å². The predicted octanol–water partition coefficient (Wildman–Crippen LogP) is 1.70. The number of esters is 1. The zero-order valence-electron chi connectivity index (χ0n) is 13.1. The lowest BCUT2D eigenvalue weighted by Crippen LogP contribution is -2.29. The molecule has 3 rings (SSSR count). The first-order valence-electron chi connectivity index (χ1n) is 7.55. The molecule has 0 aliphatic carbocycles. The Kier molecular flexibility index (Phi) is 4.31. The number of rotatable bonds is 5. The molecule has 0 spiro atoms. The zero-order chi connectivity index (χ0) is 16.2. The second-order valence-electron chi connectivity index (χ2n) is 5.28. The Balaban J connectivity index is 1.99. The molecule has 0 amide bonds. The van der Waals surface area contributed by atoms with Crippen molar-refractivity contribution in [3.8, 4) is 0 Å². The van der Waals surface area contributed by atoms with Gasteiger partial charge in [-0.3, -0.25) is 4.98 Å². The van der Waals surface area contributed by atoms with Gasteiger partial charge in [0.15, 0.2) is 0 Å². The number of hydrogen-bond acceptors (Lipinski definition) is 7. The van der Waals surface area contributed by atoms with E-state index < -0.39 is 6.04 Å². The fraction of sp³-hybridized carbons (Fsp3) is 0.400. The summed E-state index contributed by atoms with van der Waals surface area (Å²) in [6.45, 7) is 4.27.